The number of hydrogen-bond donors (Lipinski definition) is 1. The summed E-state index contributed by atoms with van der Waals surface area (Å²) in [6.07, 6.45) is 0.863. The summed E-state index contributed by atoms with van der Waals surface area (Å²) in [6.45, 7) is 4.35. The van der Waals surface area contributed by atoms with Crippen LogP contribution in [0.25, 0.3) is 11.1 Å². The second kappa shape index (κ2) is 7.12. The van der Waals surface area contributed by atoms with Crippen LogP contribution in [-0.2, 0) is 0 Å². The molecule has 0 aliphatic rings. The van der Waals surface area contributed by atoms with E-state index in [9.17, 15) is 10.1 Å². The molecule has 2 aromatic rings. The van der Waals surface area contributed by atoms with Crippen LogP contribution in [-0.4, -0.2) is 11.6 Å². The number of aryl methyl sites for hydroxylation is 1. The van der Waals surface area contributed by atoms with E-state index >= 15 is 0 Å². The molecule has 0 saturated carbocycles. The number of nitrogens with one attached hydrogen (secondary N) is 1. The van der Waals surface area contributed by atoms with Gasteiger partial charge in [-0.2, -0.15) is 5.26 Å². The zero-order valence-corrected chi connectivity index (χ0v) is 15.3. The van der Waals surface area contributed by atoms with E-state index < -0.39 is 5.56 Å². The highest BCUT2D eigenvalue weighted by atomic mass is 79.9. The lowest BCUT2D eigenvalue weighted by Gasteiger charge is -2.15. The highest BCUT2D eigenvalue weighted by Gasteiger charge is 2.17. The Bertz CT molecular complexity index is 807. The van der Waals surface area contributed by atoms with Crippen LogP contribution in [0.4, 0.5) is 0 Å². The van der Waals surface area contributed by atoms with Gasteiger partial charge in [-0.1, -0.05) is 22.9 Å². The molecule has 1 aromatic carbocycles. The molecule has 0 bridgehead atoms. The number of nitriles is 1. The van der Waals surface area contributed by atoms with E-state index in [2.05, 4.69) is 36.8 Å². The number of hydrogen-bond acceptors (Lipinski definition) is 3. The number of ether oxygens (including phenoxy) is 1. The summed E-state index contributed by atoms with van der Waals surface area (Å²) < 4.78 is 7.42. The molecule has 0 aliphatic carbocycles. The zero-order valence-electron chi connectivity index (χ0n) is 12.2. The van der Waals surface area contributed by atoms with Crippen molar-refractivity contribution < 1.29 is 4.74 Å². The molecule has 114 valence electrons. The van der Waals surface area contributed by atoms with Crippen molar-refractivity contribution >= 4 is 31.9 Å². The number of rotatable bonds is 4. The summed E-state index contributed by atoms with van der Waals surface area (Å²) in [5, 5.41) is 9.32. The van der Waals surface area contributed by atoms with Crippen LogP contribution < -0.4 is 10.3 Å². The van der Waals surface area contributed by atoms with Gasteiger partial charge in [0.1, 0.15) is 17.4 Å². The van der Waals surface area contributed by atoms with Crippen LogP contribution in [0.1, 0.15) is 24.6 Å². The molecule has 1 aromatic heterocycles. The summed E-state index contributed by atoms with van der Waals surface area (Å²) in [5.41, 5.74) is 1.65. The van der Waals surface area contributed by atoms with Gasteiger partial charge in [-0.05, 0) is 47.5 Å². The monoisotopic (exact) mass is 424 g/mol. The molecule has 0 saturated heterocycles. The summed E-state index contributed by atoms with van der Waals surface area (Å²) >= 11 is 6.93. The number of aromatic nitrogens is 1. The largest absolute Gasteiger partial charge is 0.492 e. The van der Waals surface area contributed by atoms with E-state index in [0.29, 0.717) is 29.2 Å². The highest BCUT2D eigenvalue weighted by Crippen LogP contribution is 2.40. The Morgan fingerprint density at radius 1 is 1.27 bits per heavy atom. The van der Waals surface area contributed by atoms with E-state index in [4.69, 9.17) is 4.74 Å². The van der Waals surface area contributed by atoms with Crippen molar-refractivity contribution in [3.63, 3.8) is 0 Å². The summed E-state index contributed by atoms with van der Waals surface area (Å²) in [4.78, 5) is 14.7. The Kier molecular flexibility index (Phi) is 5.43. The molecule has 1 N–H and O–H groups in total. The van der Waals surface area contributed by atoms with E-state index in [0.717, 1.165) is 15.4 Å². The number of H-pyrrole nitrogens is 1. The van der Waals surface area contributed by atoms with Crippen LogP contribution in [0.15, 0.2) is 31.9 Å². The molecule has 2 rings (SSSR count). The fraction of sp³-hybridized carbons (Fsp3) is 0.250. The summed E-state index contributed by atoms with van der Waals surface area (Å²) in [6, 6.07) is 7.49. The van der Waals surface area contributed by atoms with Gasteiger partial charge in [0.2, 0.25) is 0 Å². The topological polar surface area (TPSA) is 65.9 Å². The van der Waals surface area contributed by atoms with Crippen LogP contribution >= 0.6 is 31.9 Å². The summed E-state index contributed by atoms with van der Waals surface area (Å²) in [7, 11) is 0. The molecule has 0 spiro atoms. The zero-order chi connectivity index (χ0) is 16.3. The lowest BCUT2D eigenvalue weighted by molar-refractivity contribution is 0.317. The number of aromatic amines is 1. The molecular formula is C16H14Br2N2O2. The fourth-order valence-corrected chi connectivity index (χ4v) is 3.46. The third-order valence-corrected chi connectivity index (χ3v) is 4.08. The van der Waals surface area contributed by atoms with Crippen molar-refractivity contribution in [1.29, 1.82) is 5.26 Å². The van der Waals surface area contributed by atoms with Crippen molar-refractivity contribution in [2.24, 2.45) is 0 Å². The maximum atomic E-state index is 12.0. The molecule has 6 heteroatoms. The highest BCUT2D eigenvalue weighted by molar-refractivity contribution is 9.11. The number of pyridine rings is 1. The van der Waals surface area contributed by atoms with Gasteiger partial charge < -0.3 is 9.72 Å². The van der Waals surface area contributed by atoms with Gasteiger partial charge in [-0.15, -0.1) is 0 Å². The third kappa shape index (κ3) is 3.42. The first kappa shape index (κ1) is 16.8. The SMILES string of the molecule is CCCOc1c(Br)cc(Br)cc1-c1cc(C)[nH]c(=O)c1C#N. The van der Waals surface area contributed by atoms with Gasteiger partial charge in [0.15, 0.2) is 0 Å². The Labute approximate surface area is 145 Å². The Hall–Kier alpha value is -1.58. The van der Waals surface area contributed by atoms with E-state index in [1.54, 1.807) is 13.0 Å². The maximum Gasteiger partial charge on any atom is 0.266 e. The van der Waals surface area contributed by atoms with Crippen molar-refractivity contribution in [1.82, 2.24) is 4.98 Å². The number of nitrogens with zero attached hydrogens (tertiary/aromatic N) is 1. The molecule has 0 atom stereocenters. The third-order valence-electron chi connectivity index (χ3n) is 3.03. The summed E-state index contributed by atoms with van der Waals surface area (Å²) in [5.74, 6) is 0.631. The standard InChI is InChI=1S/C16H14Br2N2O2/c1-3-4-22-15-12(6-10(17)7-14(15)18)11-5-9(2)20-16(21)13(11)8-19/h5-7H,3-4H2,1-2H3,(H,20,21). The molecular weight excluding hydrogens is 412 g/mol. The van der Waals surface area contributed by atoms with E-state index in [-0.39, 0.29) is 5.56 Å². The molecule has 22 heavy (non-hydrogen) atoms. The molecule has 0 amide bonds. The van der Waals surface area contributed by atoms with Crippen molar-refractivity contribution in [2.75, 3.05) is 6.61 Å². The lowest BCUT2D eigenvalue weighted by atomic mass is 10.00. The second-order valence-electron chi connectivity index (χ2n) is 4.79. The quantitative estimate of drug-likeness (QED) is 0.781. The predicted molar refractivity (Wildman–Crippen MR) is 93.1 cm³/mol. The first-order valence-electron chi connectivity index (χ1n) is 6.74. The number of halogens is 2. The number of benzene rings is 1. The molecule has 4 nitrogen and oxygen atoms in total. The minimum absolute atomic E-state index is 0.0805. The maximum absolute atomic E-state index is 12.0. The van der Waals surface area contributed by atoms with E-state index in [1.165, 1.54) is 0 Å². The molecule has 0 fully saturated rings. The van der Waals surface area contributed by atoms with Gasteiger partial charge >= 0.3 is 0 Å². The Morgan fingerprint density at radius 2 is 2.00 bits per heavy atom. The van der Waals surface area contributed by atoms with Gasteiger partial charge in [-0.25, -0.2) is 0 Å². The molecule has 0 aliphatic heterocycles. The van der Waals surface area contributed by atoms with Gasteiger partial charge in [-0.3, -0.25) is 4.79 Å². The second-order valence-corrected chi connectivity index (χ2v) is 6.56. The Balaban J connectivity index is 2.77. The van der Waals surface area contributed by atoms with Gasteiger partial charge in [0.25, 0.3) is 5.56 Å². The van der Waals surface area contributed by atoms with Crippen LogP contribution in [0.2, 0.25) is 0 Å². The van der Waals surface area contributed by atoms with E-state index in [1.807, 2.05) is 25.1 Å². The van der Waals surface area contributed by atoms with Crippen LogP contribution in [0, 0.1) is 18.3 Å². The first-order chi connectivity index (χ1) is 10.5. The molecule has 0 radical (unpaired) electrons. The van der Waals surface area contributed by atoms with Crippen LogP contribution in [0.3, 0.4) is 0 Å². The lowest BCUT2D eigenvalue weighted by Crippen LogP contribution is -2.13. The minimum atomic E-state index is -0.393. The molecule has 0 unspecified atom stereocenters. The van der Waals surface area contributed by atoms with Gasteiger partial charge in [0.05, 0.1) is 11.1 Å². The first-order valence-corrected chi connectivity index (χ1v) is 8.32. The smallest absolute Gasteiger partial charge is 0.266 e. The van der Waals surface area contributed by atoms with Crippen LogP contribution in [0.5, 0.6) is 5.75 Å². The van der Waals surface area contributed by atoms with Crippen molar-refractivity contribution in [3.8, 4) is 22.9 Å². The minimum Gasteiger partial charge on any atom is -0.492 e. The van der Waals surface area contributed by atoms with Crippen molar-refractivity contribution in [2.45, 2.75) is 20.3 Å². The Morgan fingerprint density at radius 3 is 2.64 bits per heavy atom. The average molecular weight is 426 g/mol. The van der Waals surface area contributed by atoms with Gasteiger partial charge in [0, 0.05) is 21.3 Å². The predicted octanol–water partition coefficient (Wildman–Crippen LogP) is 4.54. The molecule has 1 heterocycles. The normalized spacial score (nSPS) is 10.3. The fourth-order valence-electron chi connectivity index (χ4n) is 2.12. The average Bonchev–Trinajstić information content (AvgIpc) is 2.45. The van der Waals surface area contributed by atoms with Crippen molar-refractivity contribution in [3.05, 3.63) is 48.8 Å².